The van der Waals surface area contributed by atoms with E-state index in [9.17, 15) is 14.4 Å². The maximum atomic E-state index is 13.7. The Balaban J connectivity index is 0.984. The van der Waals surface area contributed by atoms with E-state index in [-0.39, 0.29) is 17.7 Å². The van der Waals surface area contributed by atoms with E-state index in [1.165, 1.54) is 0 Å². The molecule has 5 aliphatic rings. The number of rotatable bonds is 6. The van der Waals surface area contributed by atoms with Crippen molar-refractivity contribution in [3.05, 3.63) is 52.7 Å². The molecule has 1 aromatic carbocycles. The Labute approximate surface area is 240 Å². The maximum Gasteiger partial charge on any atom is 0.254 e. The Kier molecular flexibility index (Phi) is 7.15. The van der Waals surface area contributed by atoms with E-state index in [2.05, 4.69) is 5.32 Å². The Morgan fingerprint density at radius 3 is 2.37 bits per heavy atom. The molecule has 41 heavy (non-hydrogen) atoms. The number of nitrogens with zero attached hydrogens (tertiary/aromatic N) is 3. The van der Waals surface area contributed by atoms with Crippen molar-refractivity contribution in [2.75, 3.05) is 51.3 Å². The van der Waals surface area contributed by atoms with Gasteiger partial charge < -0.3 is 24.6 Å². The molecule has 9 nitrogen and oxygen atoms in total. The largest absolute Gasteiger partial charge is 0.477 e. The van der Waals surface area contributed by atoms with Gasteiger partial charge in [0.2, 0.25) is 11.8 Å². The number of carbonyl (C=O) groups is 3. The van der Waals surface area contributed by atoms with Gasteiger partial charge in [-0.2, -0.15) is 0 Å². The predicted molar refractivity (Wildman–Crippen MR) is 152 cm³/mol. The molecule has 2 aromatic rings. The number of hydrogen-bond acceptors (Lipinski definition) is 6. The average molecular weight is 559 g/mol. The molecule has 1 aliphatic carbocycles. The van der Waals surface area contributed by atoms with Gasteiger partial charge in [0, 0.05) is 73.9 Å². The first kappa shape index (κ1) is 26.4. The van der Waals surface area contributed by atoms with Crippen molar-refractivity contribution in [2.45, 2.75) is 50.9 Å². The first-order valence-corrected chi connectivity index (χ1v) is 15.2. The molecule has 5 heterocycles. The van der Waals surface area contributed by atoms with E-state index in [4.69, 9.17) is 14.5 Å². The first-order chi connectivity index (χ1) is 20.0. The van der Waals surface area contributed by atoms with Gasteiger partial charge in [-0.3, -0.25) is 14.4 Å². The molecule has 0 unspecified atom stereocenters. The number of nitrogens with one attached hydrogen (secondary N) is 1. The van der Waals surface area contributed by atoms with E-state index >= 15 is 0 Å². The molecule has 0 spiro atoms. The van der Waals surface area contributed by atoms with E-state index in [0.717, 1.165) is 68.7 Å². The molecule has 0 radical (unpaired) electrons. The molecule has 4 aliphatic heterocycles. The summed E-state index contributed by atoms with van der Waals surface area (Å²) in [7, 11) is 0. The van der Waals surface area contributed by atoms with Gasteiger partial charge in [-0.1, -0.05) is 0 Å². The summed E-state index contributed by atoms with van der Waals surface area (Å²) in [6, 6.07) is 9.32. The van der Waals surface area contributed by atoms with Gasteiger partial charge in [-0.05, 0) is 86.1 Å². The van der Waals surface area contributed by atoms with Crippen LogP contribution in [0.2, 0.25) is 0 Å². The van der Waals surface area contributed by atoms with Crippen LogP contribution >= 0.6 is 0 Å². The number of carbonyl (C=O) groups excluding carboxylic acids is 3. The molecular formula is C32H38N4O5. The van der Waals surface area contributed by atoms with Crippen molar-refractivity contribution in [3.63, 3.8) is 0 Å². The van der Waals surface area contributed by atoms with E-state index in [0.29, 0.717) is 79.9 Å². The molecule has 4 fully saturated rings. The summed E-state index contributed by atoms with van der Waals surface area (Å²) < 4.78 is 11.6. The second-order valence-electron chi connectivity index (χ2n) is 12.5. The number of anilines is 1. The molecule has 9 heteroatoms. The van der Waals surface area contributed by atoms with Crippen LogP contribution in [-0.2, 0) is 16.0 Å². The highest BCUT2D eigenvalue weighted by molar-refractivity contribution is 6.01. The van der Waals surface area contributed by atoms with Gasteiger partial charge in [-0.15, -0.1) is 0 Å². The van der Waals surface area contributed by atoms with Gasteiger partial charge in [-0.25, -0.2) is 4.98 Å². The second-order valence-corrected chi connectivity index (χ2v) is 12.5. The van der Waals surface area contributed by atoms with E-state index < -0.39 is 0 Å². The number of pyridine rings is 1. The number of aromatic nitrogens is 1. The quantitative estimate of drug-likeness (QED) is 0.578. The lowest BCUT2D eigenvalue weighted by atomic mass is 9.92. The zero-order chi connectivity index (χ0) is 27.9. The second kappa shape index (κ2) is 11.1. The Bertz CT molecular complexity index is 1340. The molecule has 3 saturated heterocycles. The molecule has 1 aromatic heterocycles. The van der Waals surface area contributed by atoms with Crippen molar-refractivity contribution in [1.82, 2.24) is 14.8 Å². The van der Waals surface area contributed by atoms with Crippen LogP contribution in [-0.4, -0.2) is 78.5 Å². The minimum atomic E-state index is -0.0265. The molecule has 216 valence electrons. The fraction of sp³-hybridized carbons (Fsp3) is 0.562. The highest BCUT2D eigenvalue weighted by Crippen LogP contribution is 2.40. The first-order valence-electron chi connectivity index (χ1n) is 15.2. The van der Waals surface area contributed by atoms with Crippen molar-refractivity contribution in [2.24, 2.45) is 17.8 Å². The lowest BCUT2D eigenvalue weighted by molar-refractivity contribution is -0.115. The molecule has 2 atom stereocenters. The van der Waals surface area contributed by atoms with Crippen molar-refractivity contribution >= 4 is 23.4 Å². The summed E-state index contributed by atoms with van der Waals surface area (Å²) in [6.45, 7) is 4.98. The summed E-state index contributed by atoms with van der Waals surface area (Å²) in [5, 5.41) is 2.83. The third kappa shape index (κ3) is 5.69. The van der Waals surface area contributed by atoms with Gasteiger partial charge in [0.1, 0.15) is 0 Å². The number of hydrogen-bond donors (Lipinski definition) is 1. The van der Waals surface area contributed by atoms with Crippen LogP contribution in [0.3, 0.4) is 0 Å². The number of likely N-dealkylation sites (tertiary alicyclic amines) is 2. The summed E-state index contributed by atoms with van der Waals surface area (Å²) >= 11 is 0. The third-order valence-corrected chi connectivity index (χ3v) is 9.54. The normalized spacial score (nSPS) is 24.4. The highest BCUT2D eigenvalue weighted by atomic mass is 16.5. The lowest BCUT2D eigenvalue weighted by Gasteiger charge is -2.24. The van der Waals surface area contributed by atoms with Crippen LogP contribution in [0.1, 0.15) is 76.4 Å². The smallest absolute Gasteiger partial charge is 0.254 e. The summed E-state index contributed by atoms with van der Waals surface area (Å²) in [5.41, 5.74) is 4.00. The van der Waals surface area contributed by atoms with Crippen molar-refractivity contribution in [3.8, 4) is 5.88 Å². The highest BCUT2D eigenvalue weighted by Gasteiger charge is 2.38. The van der Waals surface area contributed by atoms with Crippen LogP contribution in [0.25, 0.3) is 0 Å². The topological polar surface area (TPSA) is 101 Å². The summed E-state index contributed by atoms with van der Waals surface area (Å²) in [4.78, 5) is 47.5. The van der Waals surface area contributed by atoms with E-state index in [1.807, 2.05) is 40.1 Å². The predicted octanol–water partition coefficient (Wildman–Crippen LogP) is 3.88. The zero-order valence-corrected chi connectivity index (χ0v) is 23.5. The number of ether oxygens (including phenoxy) is 2. The minimum Gasteiger partial charge on any atom is -0.477 e. The lowest BCUT2D eigenvalue weighted by Crippen LogP contribution is -2.34. The molecule has 1 saturated carbocycles. The van der Waals surface area contributed by atoms with Crippen LogP contribution in [0, 0.1) is 17.8 Å². The standard InChI is InChI=1S/C32H38N4O5/c37-29-15-25-13-22(3-4-27(25)33-29)31(38)36-17-23-5-9-35(10-6-24(23)18-36)32(39)26-14-28(21-1-2-21)34-30(16-26)41-19-20-7-11-40-12-8-20/h3-4,13-14,16,20-21,23-24H,1-2,5-12,15,17-19H2,(H,33,37)/t23-,24+. The SMILES string of the molecule is O=C1Cc2cc(C(=O)N3C[C@H]4CCN(C(=O)c5cc(OCC6CCOCC6)nc(C6CC6)c5)CC[C@H]4C3)ccc2N1. The maximum absolute atomic E-state index is 13.7. The van der Waals surface area contributed by atoms with Crippen molar-refractivity contribution < 1.29 is 23.9 Å². The minimum absolute atomic E-state index is 0.0265. The molecular weight excluding hydrogens is 520 g/mol. The number of amides is 3. The van der Waals surface area contributed by atoms with Gasteiger partial charge in [0.25, 0.3) is 11.8 Å². The summed E-state index contributed by atoms with van der Waals surface area (Å²) in [5.74, 6) is 2.29. The third-order valence-electron chi connectivity index (χ3n) is 9.54. The Hall–Kier alpha value is -3.46. The molecule has 1 N–H and O–H groups in total. The fourth-order valence-corrected chi connectivity index (χ4v) is 6.87. The monoisotopic (exact) mass is 558 g/mol. The van der Waals surface area contributed by atoms with Gasteiger partial charge in [0.15, 0.2) is 0 Å². The molecule has 7 rings (SSSR count). The number of benzene rings is 1. The zero-order valence-electron chi connectivity index (χ0n) is 23.5. The Morgan fingerprint density at radius 1 is 0.902 bits per heavy atom. The Morgan fingerprint density at radius 2 is 1.63 bits per heavy atom. The summed E-state index contributed by atoms with van der Waals surface area (Å²) in [6.07, 6.45) is 6.33. The van der Waals surface area contributed by atoms with Crippen molar-refractivity contribution in [1.29, 1.82) is 0 Å². The molecule has 3 amide bonds. The van der Waals surface area contributed by atoms with Crippen LogP contribution in [0.4, 0.5) is 5.69 Å². The van der Waals surface area contributed by atoms with Crippen LogP contribution in [0.5, 0.6) is 5.88 Å². The van der Waals surface area contributed by atoms with E-state index in [1.54, 1.807) is 0 Å². The fourth-order valence-electron chi connectivity index (χ4n) is 6.87. The van der Waals surface area contributed by atoms with Gasteiger partial charge in [0.05, 0.1) is 13.0 Å². The van der Waals surface area contributed by atoms with Gasteiger partial charge >= 0.3 is 0 Å². The van der Waals surface area contributed by atoms with Crippen LogP contribution < -0.4 is 10.1 Å². The van der Waals surface area contributed by atoms with Crippen LogP contribution in [0.15, 0.2) is 30.3 Å². The number of fused-ring (bicyclic) bond motifs is 2. The average Bonchev–Trinajstić information content (AvgIpc) is 3.71. The molecule has 0 bridgehead atoms.